The van der Waals surface area contributed by atoms with Crippen molar-refractivity contribution in [1.29, 1.82) is 0 Å². The van der Waals surface area contributed by atoms with Crippen LogP contribution in [0.3, 0.4) is 0 Å². The van der Waals surface area contributed by atoms with Crippen LogP contribution in [0, 0.1) is 0 Å². The number of hydrazine groups is 1. The molecule has 0 saturated heterocycles. The first-order valence-corrected chi connectivity index (χ1v) is 6.48. The average Bonchev–Trinajstić information content (AvgIpc) is 2.38. The highest BCUT2D eigenvalue weighted by molar-refractivity contribution is 7.99. The summed E-state index contributed by atoms with van der Waals surface area (Å²) in [5.74, 6) is 6.21. The first-order valence-electron chi connectivity index (χ1n) is 5.66. The fourth-order valence-electron chi connectivity index (χ4n) is 1.59. The van der Waals surface area contributed by atoms with Crippen molar-refractivity contribution in [2.45, 2.75) is 29.9 Å². The fourth-order valence-corrected chi connectivity index (χ4v) is 2.58. The Morgan fingerprint density at radius 1 is 1.37 bits per heavy atom. The number of nitrogens with two attached hydrogens (primary N) is 1. The Morgan fingerprint density at radius 3 is 2.79 bits per heavy atom. The smallest absolute Gasteiger partial charge is 0.251 e. The zero-order chi connectivity index (χ0) is 13.8. The van der Waals surface area contributed by atoms with Crippen molar-refractivity contribution in [2.24, 2.45) is 5.84 Å². The highest BCUT2D eigenvalue weighted by Crippen LogP contribution is 2.33. The van der Waals surface area contributed by atoms with Crippen LogP contribution in [0.15, 0.2) is 33.6 Å². The number of anilines is 1. The molecule has 7 nitrogen and oxygen atoms in total. The van der Waals surface area contributed by atoms with Crippen molar-refractivity contribution in [2.75, 3.05) is 5.43 Å². The Kier molecular flexibility index (Phi) is 4.13. The van der Waals surface area contributed by atoms with E-state index in [9.17, 15) is 4.79 Å². The third kappa shape index (κ3) is 3.09. The van der Waals surface area contributed by atoms with Gasteiger partial charge in [-0.15, -0.1) is 0 Å². The SMILES string of the molecule is CC(C)c1c(NN)ncnc1Sc1nccc(=O)[nH]1. The van der Waals surface area contributed by atoms with E-state index in [0.29, 0.717) is 16.0 Å². The summed E-state index contributed by atoms with van der Waals surface area (Å²) in [4.78, 5) is 26.3. The molecule has 0 amide bonds. The number of aromatic amines is 1. The van der Waals surface area contributed by atoms with Crippen LogP contribution in [0.5, 0.6) is 0 Å². The third-order valence-corrected chi connectivity index (χ3v) is 3.32. The molecule has 100 valence electrons. The molecule has 0 atom stereocenters. The molecule has 0 aliphatic heterocycles. The highest BCUT2D eigenvalue weighted by Gasteiger charge is 2.16. The van der Waals surface area contributed by atoms with E-state index in [1.165, 1.54) is 30.4 Å². The maximum atomic E-state index is 11.2. The molecular formula is C11H14N6OS. The highest BCUT2D eigenvalue weighted by atomic mass is 32.2. The molecule has 19 heavy (non-hydrogen) atoms. The second-order valence-corrected chi connectivity index (χ2v) is 5.06. The standard InChI is InChI=1S/C11H14N6OS/c1-6(2)8-9(17-12)14-5-15-10(8)19-11-13-4-3-7(18)16-11/h3-6H,12H2,1-2H3,(H,13,16,18)(H,14,15,17). The van der Waals surface area contributed by atoms with Gasteiger partial charge in [0, 0.05) is 17.8 Å². The molecule has 2 heterocycles. The lowest BCUT2D eigenvalue weighted by molar-refractivity contribution is 0.801. The molecule has 0 radical (unpaired) electrons. The maximum absolute atomic E-state index is 11.2. The summed E-state index contributed by atoms with van der Waals surface area (Å²) >= 11 is 1.27. The van der Waals surface area contributed by atoms with E-state index in [2.05, 4.69) is 25.4 Å². The lowest BCUT2D eigenvalue weighted by atomic mass is 10.1. The zero-order valence-corrected chi connectivity index (χ0v) is 11.4. The van der Waals surface area contributed by atoms with Crippen molar-refractivity contribution in [3.63, 3.8) is 0 Å². The van der Waals surface area contributed by atoms with Gasteiger partial charge in [-0.3, -0.25) is 4.79 Å². The first-order chi connectivity index (χ1) is 9.11. The van der Waals surface area contributed by atoms with Crippen LogP contribution in [0.1, 0.15) is 25.3 Å². The number of aromatic nitrogens is 4. The van der Waals surface area contributed by atoms with Crippen LogP contribution in [0.4, 0.5) is 5.82 Å². The predicted octanol–water partition coefficient (Wildman–Crippen LogP) is 1.12. The van der Waals surface area contributed by atoms with Gasteiger partial charge in [0.25, 0.3) is 5.56 Å². The van der Waals surface area contributed by atoms with Crippen LogP contribution in [0.2, 0.25) is 0 Å². The van der Waals surface area contributed by atoms with Crippen LogP contribution < -0.4 is 16.8 Å². The number of H-pyrrole nitrogens is 1. The summed E-state index contributed by atoms with van der Waals surface area (Å²) in [6.07, 6.45) is 2.88. The molecule has 2 aromatic heterocycles. The second kappa shape index (κ2) is 5.81. The topological polar surface area (TPSA) is 110 Å². The average molecular weight is 278 g/mol. The summed E-state index contributed by atoms with van der Waals surface area (Å²) in [5.41, 5.74) is 3.25. The van der Waals surface area contributed by atoms with E-state index in [1.807, 2.05) is 13.8 Å². The van der Waals surface area contributed by atoms with Gasteiger partial charge in [-0.25, -0.2) is 20.8 Å². The quantitative estimate of drug-likeness (QED) is 0.333. The number of hydrogen-bond acceptors (Lipinski definition) is 7. The van der Waals surface area contributed by atoms with Crippen LogP contribution in [0.25, 0.3) is 0 Å². The lowest BCUT2D eigenvalue weighted by Crippen LogP contribution is -2.13. The molecule has 0 bridgehead atoms. The summed E-state index contributed by atoms with van der Waals surface area (Å²) in [6.45, 7) is 4.04. The Balaban J connectivity index is 2.42. The molecule has 0 saturated carbocycles. The minimum atomic E-state index is -0.199. The Bertz CT molecular complexity index is 627. The van der Waals surface area contributed by atoms with E-state index in [4.69, 9.17) is 5.84 Å². The number of nitrogens with zero attached hydrogens (tertiary/aromatic N) is 3. The molecule has 0 aromatic carbocycles. The van der Waals surface area contributed by atoms with Crippen molar-refractivity contribution in [1.82, 2.24) is 19.9 Å². The summed E-state index contributed by atoms with van der Waals surface area (Å²) in [5, 5.41) is 1.20. The molecule has 8 heteroatoms. The van der Waals surface area contributed by atoms with E-state index in [1.54, 1.807) is 0 Å². The van der Waals surface area contributed by atoms with Crippen molar-refractivity contribution in [3.8, 4) is 0 Å². The minimum Gasteiger partial charge on any atom is -0.308 e. The fraction of sp³-hybridized carbons (Fsp3) is 0.273. The molecular weight excluding hydrogens is 264 g/mol. The molecule has 0 fully saturated rings. The monoisotopic (exact) mass is 278 g/mol. The molecule has 0 aliphatic carbocycles. The van der Waals surface area contributed by atoms with E-state index < -0.39 is 0 Å². The number of rotatable bonds is 4. The maximum Gasteiger partial charge on any atom is 0.251 e. The van der Waals surface area contributed by atoms with Crippen LogP contribution in [-0.4, -0.2) is 19.9 Å². The van der Waals surface area contributed by atoms with Crippen molar-refractivity contribution >= 4 is 17.6 Å². The van der Waals surface area contributed by atoms with Gasteiger partial charge in [-0.2, -0.15) is 0 Å². The van der Waals surface area contributed by atoms with Gasteiger partial charge >= 0.3 is 0 Å². The lowest BCUT2D eigenvalue weighted by Gasteiger charge is -2.14. The third-order valence-electron chi connectivity index (χ3n) is 2.40. The van der Waals surface area contributed by atoms with E-state index >= 15 is 0 Å². The van der Waals surface area contributed by atoms with E-state index in [0.717, 1.165) is 5.56 Å². The largest absolute Gasteiger partial charge is 0.308 e. The number of nitrogen functional groups attached to an aromatic ring is 1. The van der Waals surface area contributed by atoms with Gasteiger partial charge < -0.3 is 10.4 Å². The zero-order valence-electron chi connectivity index (χ0n) is 10.5. The molecule has 0 aliphatic rings. The molecule has 0 spiro atoms. The minimum absolute atomic E-state index is 0.185. The summed E-state index contributed by atoms with van der Waals surface area (Å²) < 4.78 is 0. The normalized spacial score (nSPS) is 10.7. The molecule has 0 unspecified atom stereocenters. The first kappa shape index (κ1) is 13.5. The van der Waals surface area contributed by atoms with Gasteiger partial charge in [0.15, 0.2) is 5.16 Å². The van der Waals surface area contributed by atoms with Gasteiger partial charge in [-0.05, 0) is 17.7 Å². The van der Waals surface area contributed by atoms with Gasteiger partial charge in [0.2, 0.25) is 0 Å². The number of hydrogen-bond donors (Lipinski definition) is 3. The van der Waals surface area contributed by atoms with Crippen LogP contribution in [-0.2, 0) is 0 Å². The van der Waals surface area contributed by atoms with Crippen molar-refractivity contribution in [3.05, 3.63) is 34.5 Å². The Labute approximate surface area is 114 Å². The second-order valence-electron chi connectivity index (χ2n) is 4.08. The molecule has 2 rings (SSSR count). The Hall–Kier alpha value is -1.93. The van der Waals surface area contributed by atoms with Gasteiger partial charge in [0.05, 0.1) is 0 Å². The summed E-state index contributed by atoms with van der Waals surface area (Å²) in [6, 6.07) is 1.36. The number of nitrogens with one attached hydrogen (secondary N) is 2. The van der Waals surface area contributed by atoms with Crippen molar-refractivity contribution < 1.29 is 0 Å². The van der Waals surface area contributed by atoms with E-state index in [-0.39, 0.29) is 11.5 Å². The van der Waals surface area contributed by atoms with Crippen LogP contribution >= 0.6 is 11.8 Å². The van der Waals surface area contributed by atoms with Gasteiger partial charge in [0.1, 0.15) is 17.2 Å². The molecule has 4 N–H and O–H groups in total. The van der Waals surface area contributed by atoms with Gasteiger partial charge in [-0.1, -0.05) is 13.8 Å². The molecule has 2 aromatic rings. The Morgan fingerprint density at radius 2 is 2.16 bits per heavy atom. The summed E-state index contributed by atoms with van der Waals surface area (Å²) in [7, 11) is 0. The predicted molar refractivity (Wildman–Crippen MR) is 72.9 cm³/mol.